The third-order valence-electron chi connectivity index (χ3n) is 5.01. The standard InChI is InChI=1S/C19H32N6O3/c1-2-3-12-28-18-23-16(20)15-17(24-18)25(19(26)22-15)11-6-9-21-10-8-14-7-4-5-13-27-14/h14,21H,2-13H2,1H3,(H,22,26)(H2,20,23,24). The van der Waals surface area contributed by atoms with Crippen LogP contribution >= 0.6 is 0 Å². The van der Waals surface area contributed by atoms with Crippen molar-refractivity contribution in [3.63, 3.8) is 0 Å². The van der Waals surface area contributed by atoms with Crippen LogP contribution in [0, 0.1) is 0 Å². The molecule has 28 heavy (non-hydrogen) atoms. The fourth-order valence-corrected chi connectivity index (χ4v) is 3.40. The van der Waals surface area contributed by atoms with E-state index in [1.165, 1.54) is 12.8 Å². The van der Waals surface area contributed by atoms with Crippen LogP contribution in [0.3, 0.4) is 0 Å². The van der Waals surface area contributed by atoms with Gasteiger partial charge in [-0.05, 0) is 51.6 Å². The van der Waals surface area contributed by atoms with Gasteiger partial charge in [0.15, 0.2) is 11.5 Å². The van der Waals surface area contributed by atoms with Gasteiger partial charge in [-0.2, -0.15) is 9.97 Å². The van der Waals surface area contributed by atoms with E-state index < -0.39 is 0 Å². The van der Waals surface area contributed by atoms with Crippen LogP contribution in [-0.4, -0.2) is 51.9 Å². The molecular weight excluding hydrogens is 360 g/mol. The second-order valence-electron chi connectivity index (χ2n) is 7.25. The second kappa shape index (κ2) is 10.4. The molecule has 9 heteroatoms. The maximum Gasteiger partial charge on any atom is 0.327 e. The number of anilines is 1. The van der Waals surface area contributed by atoms with Gasteiger partial charge in [-0.3, -0.25) is 4.57 Å². The highest BCUT2D eigenvalue weighted by Crippen LogP contribution is 2.18. The van der Waals surface area contributed by atoms with E-state index in [4.69, 9.17) is 15.2 Å². The van der Waals surface area contributed by atoms with Crippen molar-refractivity contribution in [3.8, 4) is 6.01 Å². The molecule has 0 amide bonds. The van der Waals surface area contributed by atoms with Crippen molar-refractivity contribution < 1.29 is 9.47 Å². The Kier molecular flexibility index (Phi) is 7.67. The molecule has 1 atom stereocenters. The Bertz CT molecular complexity index is 797. The zero-order valence-corrected chi connectivity index (χ0v) is 16.7. The lowest BCUT2D eigenvalue weighted by atomic mass is 10.1. The van der Waals surface area contributed by atoms with Crippen LogP contribution in [0.1, 0.15) is 51.9 Å². The number of rotatable bonds is 11. The first-order chi connectivity index (χ1) is 13.7. The highest BCUT2D eigenvalue weighted by molar-refractivity contribution is 5.81. The van der Waals surface area contributed by atoms with Crippen molar-refractivity contribution in [2.24, 2.45) is 0 Å². The number of nitrogens with zero attached hydrogens (tertiary/aromatic N) is 3. The number of ether oxygens (including phenoxy) is 2. The van der Waals surface area contributed by atoms with Gasteiger partial charge in [0.05, 0.1) is 12.7 Å². The van der Waals surface area contributed by atoms with E-state index in [1.54, 1.807) is 4.57 Å². The average Bonchev–Trinajstić information content (AvgIpc) is 3.02. The molecule has 0 radical (unpaired) electrons. The smallest absolute Gasteiger partial charge is 0.327 e. The van der Waals surface area contributed by atoms with Crippen LogP contribution in [0.5, 0.6) is 6.01 Å². The van der Waals surface area contributed by atoms with Crippen molar-refractivity contribution in [2.45, 2.75) is 64.5 Å². The largest absolute Gasteiger partial charge is 0.463 e. The molecular formula is C19H32N6O3. The number of imidazole rings is 1. The number of aromatic nitrogens is 4. The molecule has 2 aromatic heterocycles. The van der Waals surface area contributed by atoms with Gasteiger partial charge in [-0.15, -0.1) is 0 Å². The maximum atomic E-state index is 12.3. The molecule has 0 bridgehead atoms. The first kappa shape index (κ1) is 20.6. The molecule has 156 valence electrons. The summed E-state index contributed by atoms with van der Waals surface area (Å²) in [4.78, 5) is 23.6. The third kappa shape index (κ3) is 5.45. The maximum absolute atomic E-state index is 12.3. The lowest BCUT2D eigenvalue weighted by molar-refractivity contribution is 0.0116. The summed E-state index contributed by atoms with van der Waals surface area (Å²) in [6.07, 6.45) is 7.79. The highest BCUT2D eigenvalue weighted by atomic mass is 16.5. The first-order valence-corrected chi connectivity index (χ1v) is 10.4. The Balaban J connectivity index is 1.51. The zero-order valence-electron chi connectivity index (χ0n) is 16.7. The van der Waals surface area contributed by atoms with E-state index in [0.717, 1.165) is 51.8 Å². The monoisotopic (exact) mass is 392 g/mol. The fraction of sp³-hybridized carbons (Fsp3) is 0.737. The summed E-state index contributed by atoms with van der Waals surface area (Å²) in [5.74, 6) is 0.234. The Hall–Kier alpha value is -2.13. The second-order valence-corrected chi connectivity index (χ2v) is 7.25. The van der Waals surface area contributed by atoms with Crippen molar-refractivity contribution >= 4 is 17.0 Å². The van der Waals surface area contributed by atoms with Gasteiger partial charge in [0.1, 0.15) is 5.52 Å². The quantitative estimate of drug-likeness (QED) is 0.499. The van der Waals surface area contributed by atoms with E-state index in [2.05, 4.69) is 27.2 Å². The summed E-state index contributed by atoms with van der Waals surface area (Å²) in [5.41, 5.74) is 6.71. The fourth-order valence-electron chi connectivity index (χ4n) is 3.40. The normalized spacial score (nSPS) is 17.2. The molecule has 2 aromatic rings. The summed E-state index contributed by atoms with van der Waals surface area (Å²) in [6.45, 7) is 5.82. The molecule has 0 spiro atoms. The molecule has 4 N–H and O–H groups in total. The number of aromatic amines is 1. The topological polar surface area (TPSA) is 120 Å². The van der Waals surface area contributed by atoms with Crippen LogP contribution in [0.4, 0.5) is 5.82 Å². The summed E-state index contributed by atoms with van der Waals surface area (Å²) >= 11 is 0. The van der Waals surface area contributed by atoms with Gasteiger partial charge in [0, 0.05) is 13.2 Å². The van der Waals surface area contributed by atoms with E-state index in [0.29, 0.717) is 30.4 Å². The van der Waals surface area contributed by atoms with Crippen LogP contribution in [0.2, 0.25) is 0 Å². The van der Waals surface area contributed by atoms with Crippen molar-refractivity contribution in [1.29, 1.82) is 0 Å². The number of hydrogen-bond donors (Lipinski definition) is 3. The van der Waals surface area contributed by atoms with E-state index >= 15 is 0 Å². The van der Waals surface area contributed by atoms with Crippen LogP contribution < -0.4 is 21.5 Å². The third-order valence-corrected chi connectivity index (χ3v) is 5.01. The Morgan fingerprint density at radius 1 is 1.32 bits per heavy atom. The summed E-state index contributed by atoms with van der Waals surface area (Å²) in [6, 6.07) is 0.219. The summed E-state index contributed by atoms with van der Waals surface area (Å²) < 4.78 is 12.9. The highest BCUT2D eigenvalue weighted by Gasteiger charge is 2.15. The lowest BCUT2D eigenvalue weighted by Gasteiger charge is -2.22. The summed E-state index contributed by atoms with van der Waals surface area (Å²) in [7, 11) is 0. The zero-order chi connectivity index (χ0) is 19.8. The molecule has 1 aliphatic heterocycles. The molecule has 1 fully saturated rings. The molecule has 1 aliphatic rings. The average molecular weight is 393 g/mol. The van der Waals surface area contributed by atoms with Gasteiger partial charge >= 0.3 is 11.7 Å². The predicted octanol–water partition coefficient (Wildman–Crippen LogP) is 1.82. The van der Waals surface area contributed by atoms with Gasteiger partial charge in [-0.1, -0.05) is 13.3 Å². The van der Waals surface area contributed by atoms with Gasteiger partial charge < -0.3 is 25.5 Å². The van der Waals surface area contributed by atoms with Crippen LogP contribution in [0.25, 0.3) is 11.2 Å². The number of fused-ring (bicyclic) bond motifs is 1. The molecule has 0 aliphatic carbocycles. The molecule has 3 rings (SSSR count). The van der Waals surface area contributed by atoms with Gasteiger partial charge in [-0.25, -0.2) is 4.79 Å². The number of hydrogen-bond acceptors (Lipinski definition) is 7. The number of nitrogen functional groups attached to an aromatic ring is 1. The minimum absolute atomic E-state index is 0.219. The van der Waals surface area contributed by atoms with E-state index in [9.17, 15) is 4.79 Å². The number of H-pyrrole nitrogens is 1. The lowest BCUT2D eigenvalue weighted by Crippen LogP contribution is -2.27. The number of aryl methyl sites for hydroxylation is 1. The Labute approximate surface area is 165 Å². The SMILES string of the molecule is CCCCOc1nc(N)c2[nH]c(=O)n(CCCNCCC3CCCCO3)c2n1. The molecule has 0 saturated carbocycles. The minimum atomic E-state index is -0.225. The molecule has 1 unspecified atom stereocenters. The van der Waals surface area contributed by atoms with Crippen molar-refractivity contribution in [1.82, 2.24) is 24.8 Å². The molecule has 0 aromatic carbocycles. The van der Waals surface area contributed by atoms with Crippen molar-refractivity contribution in [3.05, 3.63) is 10.5 Å². The Morgan fingerprint density at radius 2 is 2.21 bits per heavy atom. The molecule has 3 heterocycles. The first-order valence-electron chi connectivity index (χ1n) is 10.4. The minimum Gasteiger partial charge on any atom is -0.463 e. The van der Waals surface area contributed by atoms with Gasteiger partial charge in [0.25, 0.3) is 0 Å². The number of unbranched alkanes of at least 4 members (excludes halogenated alkanes) is 1. The predicted molar refractivity (Wildman–Crippen MR) is 109 cm³/mol. The number of nitrogens with two attached hydrogens (primary N) is 1. The van der Waals surface area contributed by atoms with Crippen LogP contribution in [0.15, 0.2) is 4.79 Å². The molecule has 1 saturated heterocycles. The van der Waals surface area contributed by atoms with Crippen LogP contribution in [-0.2, 0) is 11.3 Å². The Morgan fingerprint density at radius 3 is 3.00 bits per heavy atom. The van der Waals surface area contributed by atoms with Gasteiger partial charge in [0.2, 0.25) is 0 Å². The van der Waals surface area contributed by atoms with E-state index in [1.807, 2.05) is 0 Å². The van der Waals surface area contributed by atoms with Crippen molar-refractivity contribution in [2.75, 3.05) is 32.0 Å². The summed E-state index contributed by atoms with van der Waals surface area (Å²) in [5, 5.41) is 3.43. The number of nitrogens with one attached hydrogen (secondary N) is 2. The molecule has 9 nitrogen and oxygen atoms in total. The van der Waals surface area contributed by atoms with E-state index in [-0.39, 0.29) is 17.5 Å².